The van der Waals surface area contributed by atoms with Crippen molar-refractivity contribution in [3.8, 4) is 11.4 Å². The number of nitrogens with one attached hydrogen (secondary N) is 4. The molecule has 0 aliphatic carbocycles. The van der Waals surface area contributed by atoms with Gasteiger partial charge in [-0.25, -0.2) is 9.59 Å². The summed E-state index contributed by atoms with van der Waals surface area (Å²) in [6, 6.07) is 30.1. The number of hydrogen-bond donors (Lipinski definition) is 6. The number of H-pyrrole nitrogens is 2. The summed E-state index contributed by atoms with van der Waals surface area (Å²) in [5.41, 5.74) is 12.9. The van der Waals surface area contributed by atoms with Crippen LogP contribution in [0.15, 0.2) is 109 Å². The average Bonchev–Trinajstić information content (AvgIpc) is 4.11. The van der Waals surface area contributed by atoms with E-state index in [2.05, 4.69) is 20.6 Å². The van der Waals surface area contributed by atoms with Gasteiger partial charge in [-0.3, -0.25) is 19.2 Å². The monoisotopic (exact) mass is 922 g/mol. The highest BCUT2D eigenvalue weighted by atomic mass is 16.6. The van der Waals surface area contributed by atoms with Crippen LogP contribution in [0, 0.1) is 0 Å². The normalized spacial score (nSPS) is 19.4. The first-order chi connectivity index (χ1) is 32.2. The highest BCUT2D eigenvalue weighted by molar-refractivity contribution is 5.99. The van der Waals surface area contributed by atoms with Crippen LogP contribution >= 0.6 is 0 Å². The van der Waals surface area contributed by atoms with Crippen LogP contribution in [0.25, 0.3) is 33.2 Å². The van der Waals surface area contributed by atoms with Crippen LogP contribution < -0.4 is 22.1 Å². The molecule has 0 saturated carbocycles. The number of nitrogens with zero attached hydrogens (tertiary/aromatic N) is 2. The van der Waals surface area contributed by atoms with Crippen molar-refractivity contribution in [1.82, 2.24) is 30.4 Å². The van der Waals surface area contributed by atoms with E-state index in [-0.39, 0.29) is 25.9 Å². The molecule has 8 rings (SSSR count). The van der Waals surface area contributed by atoms with Gasteiger partial charge >= 0.3 is 12.2 Å². The van der Waals surface area contributed by atoms with Gasteiger partial charge in [-0.15, -0.1) is 0 Å². The molecule has 2 fully saturated rings. The number of carbonyl (C=O) groups is 6. The molecule has 6 aromatic rings. The molecule has 4 heterocycles. The predicted molar refractivity (Wildman–Crippen MR) is 256 cm³/mol. The molecule has 0 bridgehead atoms. The number of rotatable bonds is 11. The lowest BCUT2D eigenvalue weighted by atomic mass is 9.85. The molecule has 0 unspecified atom stereocenters. The van der Waals surface area contributed by atoms with Gasteiger partial charge in [-0.2, -0.15) is 0 Å². The van der Waals surface area contributed by atoms with Crippen molar-refractivity contribution >= 4 is 57.6 Å². The van der Waals surface area contributed by atoms with Crippen molar-refractivity contribution in [1.29, 1.82) is 0 Å². The Kier molecular flexibility index (Phi) is 12.3. The molecule has 4 atom stereocenters. The van der Waals surface area contributed by atoms with E-state index >= 15 is 0 Å². The summed E-state index contributed by atoms with van der Waals surface area (Å²) < 4.78 is 11.1. The molecule has 16 heteroatoms. The number of alkyl carbamates (subject to hydrolysis) is 2. The average molecular weight is 923 g/mol. The SMILES string of the molecule is CC(C)(C)OC(=O)N[C@@H](C(=O)N1CCC[C@@]1(C(N)=O)c1ccc2[nH]c(-c3cc4cc([C@]5(C(N)=O)CCCN5C(=O)[C@H](NC(=O)OC(C)(C)C)c5ccccc5)ccc4[nH]3)cc2c1)c1ccccc1. The molecule has 354 valence electrons. The summed E-state index contributed by atoms with van der Waals surface area (Å²) >= 11 is 0. The fraction of sp³-hybridized carbons (Fsp3) is 0.346. The Bertz CT molecular complexity index is 2720. The first-order valence-corrected chi connectivity index (χ1v) is 22.8. The molecule has 2 aliphatic heterocycles. The van der Waals surface area contributed by atoms with Gasteiger partial charge in [-0.05, 0) is 126 Å². The largest absolute Gasteiger partial charge is 0.444 e. The van der Waals surface area contributed by atoms with Gasteiger partial charge in [-0.1, -0.05) is 72.8 Å². The number of fused-ring (bicyclic) bond motifs is 2. The molecule has 16 nitrogen and oxygen atoms in total. The molecule has 0 radical (unpaired) electrons. The zero-order valence-electron chi connectivity index (χ0n) is 39.1. The summed E-state index contributed by atoms with van der Waals surface area (Å²) in [5, 5.41) is 6.99. The molecule has 4 aromatic carbocycles. The van der Waals surface area contributed by atoms with Crippen molar-refractivity contribution in [3.63, 3.8) is 0 Å². The molecule has 2 saturated heterocycles. The fourth-order valence-electron chi connectivity index (χ4n) is 9.73. The minimum atomic E-state index is -1.51. The molecule has 6 amide bonds. The molecule has 68 heavy (non-hydrogen) atoms. The summed E-state index contributed by atoms with van der Waals surface area (Å²) in [5.74, 6) is -2.38. The Labute approximate surface area is 394 Å². The minimum Gasteiger partial charge on any atom is -0.444 e. The van der Waals surface area contributed by atoms with E-state index in [1.54, 1.807) is 114 Å². The van der Waals surface area contributed by atoms with E-state index in [0.29, 0.717) is 46.5 Å². The standard InChI is InChI=1S/C52H58N8O8/c1-49(2,3)67-47(65)57-41(31-15-9-7-10-16-31)43(61)59-25-13-23-51(59,45(53)63)35-19-21-37-33(27-35)29-39(55-37)40-30-34-28-36(20-22-38(34)56-40)52(46(54)64)24-14-26-60(52)44(62)42(32-17-11-8-12-18-32)58-48(66)68-50(4,5)6/h7-12,15-22,27-30,41-42,55-56H,13-14,23-26H2,1-6H3,(H2,53,63)(H2,54,64)(H,57,65)(H,58,66)/t41-,42-,51+,52+/m1/s1. The predicted octanol–water partition coefficient (Wildman–Crippen LogP) is 7.45. The second-order valence-corrected chi connectivity index (χ2v) is 19.6. The van der Waals surface area contributed by atoms with Crippen LogP contribution in [0.3, 0.4) is 0 Å². The van der Waals surface area contributed by atoms with Gasteiger partial charge in [0.2, 0.25) is 11.8 Å². The van der Waals surface area contributed by atoms with E-state index in [0.717, 1.165) is 21.8 Å². The van der Waals surface area contributed by atoms with E-state index in [9.17, 15) is 28.8 Å². The maximum Gasteiger partial charge on any atom is 0.408 e. The number of carbonyl (C=O) groups excluding carboxylic acids is 6. The van der Waals surface area contributed by atoms with Crippen molar-refractivity contribution in [3.05, 3.63) is 131 Å². The summed E-state index contributed by atoms with van der Waals surface area (Å²) in [6.07, 6.45) is -0.00733. The lowest BCUT2D eigenvalue weighted by molar-refractivity contribution is -0.146. The Morgan fingerprint density at radius 2 is 0.926 bits per heavy atom. The topological polar surface area (TPSA) is 235 Å². The summed E-state index contributed by atoms with van der Waals surface area (Å²) in [6.45, 7) is 10.9. The van der Waals surface area contributed by atoms with Gasteiger partial charge in [0.1, 0.15) is 34.4 Å². The molecule has 0 spiro atoms. The maximum absolute atomic E-state index is 14.6. The number of primary amides is 2. The maximum atomic E-state index is 14.6. The lowest BCUT2D eigenvalue weighted by Gasteiger charge is -2.38. The molecular formula is C52H58N8O8. The smallest absolute Gasteiger partial charge is 0.408 e. The Hall–Kier alpha value is -7.62. The van der Waals surface area contributed by atoms with E-state index in [4.69, 9.17) is 20.9 Å². The van der Waals surface area contributed by atoms with Gasteiger partial charge in [0.25, 0.3) is 11.8 Å². The van der Waals surface area contributed by atoms with E-state index in [1.807, 2.05) is 36.4 Å². The molecule has 8 N–H and O–H groups in total. The molecular weight excluding hydrogens is 865 g/mol. The van der Waals surface area contributed by atoms with Crippen LogP contribution in [-0.4, -0.2) is 79.9 Å². The molecule has 2 aromatic heterocycles. The number of hydrogen-bond acceptors (Lipinski definition) is 8. The third-order valence-corrected chi connectivity index (χ3v) is 12.7. The van der Waals surface area contributed by atoms with Crippen LogP contribution in [-0.2, 0) is 39.7 Å². The minimum absolute atomic E-state index is 0.230. The number of likely N-dealkylation sites (tertiary alicyclic amines) is 2. The van der Waals surface area contributed by atoms with E-state index in [1.165, 1.54) is 9.80 Å². The first kappa shape index (κ1) is 46.9. The number of amides is 6. The second kappa shape index (κ2) is 17.9. The highest BCUT2D eigenvalue weighted by Gasteiger charge is 2.53. The van der Waals surface area contributed by atoms with Crippen molar-refractivity contribution in [2.45, 2.75) is 102 Å². The number of aromatic nitrogens is 2. The number of ether oxygens (including phenoxy) is 2. The number of aromatic amines is 2. The third kappa shape index (κ3) is 8.97. The lowest BCUT2D eigenvalue weighted by Crippen LogP contribution is -2.56. The van der Waals surface area contributed by atoms with Gasteiger partial charge < -0.3 is 51.3 Å². The third-order valence-electron chi connectivity index (χ3n) is 12.7. The molecule has 2 aliphatic rings. The van der Waals surface area contributed by atoms with Gasteiger partial charge in [0, 0.05) is 34.9 Å². The number of benzene rings is 4. The fourth-order valence-corrected chi connectivity index (χ4v) is 9.73. The van der Waals surface area contributed by atoms with Gasteiger partial charge in [0.15, 0.2) is 0 Å². The Morgan fingerprint density at radius 1 is 0.559 bits per heavy atom. The Balaban J connectivity index is 1.10. The van der Waals surface area contributed by atoms with Crippen LogP contribution in [0.5, 0.6) is 0 Å². The summed E-state index contributed by atoms with van der Waals surface area (Å²) in [4.78, 5) is 92.8. The van der Waals surface area contributed by atoms with Crippen LogP contribution in [0.4, 0.5) is 9.59 Å². The van der Waals surface area contributed by atoms with E-state index < -0.39 is 70.2 Å². The highest BCUT2D eigenvalue weighted by Crippen LogP contribution is 2.44. The van der Waals surface area contributed by atoms with Crippen molar-refractivity contribution in [2.75, 3.05) is 13.1 Å². The van der Waals surface area contributed by atoms with Crippen LogP contribution in [0.2, 0.25) is 0 Å². The zero-order valence-corrected chi connectivity index (χ0v) is 39.1. The Morgan fingerprint density at radius 3 is 1.26 bits per heavy atom. The zero-order chi connectivity index (χ0) is 48.8. The van der Waals surface area contributed by atoms with Crippen molar-refractivity contribution in [2.24, 2.45) is 11.5 Å². The van der Waals surface area contributed by atoms with Gasteiger partial charge in [0.05, 0.1) is 11.4 Å². The first-order valence-electron chi connectivity index (χ1n) is 22.8. The quantitative estimate of drug-likeness (QED) is 0.0762. The number of nitrogens with two attached hydrogens (primary N) is 2. The van der Waals surface area contributed by atoms with Crippen molar-refractivity contribution < 1.29 is 38.2 Å². The van der Waals surface area contributed by atoms with Crippen LogP contribution in [0.1, 0.15) is 102 Å². The second-order valence-electron chi connectivity index (χ2n) is 19.6. The summed E-state index contributed by atoms with van der Waals surface area (Å²) in [7, 11) is 0.